The molecule has 2 aliphatic heterocycles. The smallest absolute Gasteiger partial charge is 0.179 e. The van der Waals surface area contributed by atoms with Crippen molar-refractivity contribution in [1.29, 1.82) is 0 Å². The third-order valence-electron chi connectivity index (χ3n) is 4.81. The SMILES string of the molecule is Cc1cc(C(=O)CCl)c(C)n1C1CCN2CCCC12. The van der Waals surface area contributed by atoms with Gasteiger partial charge >= 0.3 is 0 Å². The number of carbonyl (C=O) groups excluding carboxylic acids is 1. The van der Waals surface area contributed by atoms with Crippen LogP contribution in [0, 0.1) is 13.8 Å². The second kappa shape index (κ2) is 4.95. The number of halogens is 1. The van der Waals surface area contributed by atoms with Crippen molar-refractivity contribution >= 4 is 17.4 Å². The molecular formula is C15H21ClN2O. The summed E-state index contributed by atoms with van der Waals surface area (Å²) in [5.41, 5.74) is 3.11. The Bertz CT molecular complexity index is 508. The molecule has 0 amide bonds. The van der Waals surface area contributed by atoms with Gasteiger partial charge in [-0.3, -0.25) is 9.69 Å². The van der Waals surface area contributed by atoms with Crippen molar-refractivity contribution in [3.63, 3.8) is 0 Å². The average molecular weight is 281 g/mol. The van der Waals surface area contributed by atoms with E-state index in [9.17, 15) is 4.79 Å². The summed E-state index contributed by atoms with van der Waals surface area (Å²) in [5, 5.41) is 0. The topological polar surface area (TPSA) is 25.2 Å². The average Bonchev–Trinajstić information content (AvgIpc) is 3.05. The maximum Gasteiger partial charge on any atom is 0.179 e. The predicted molar refractivity (Wildman–Crippen MR) is 77.2 cm³/mol. The van der Waals surface area contributed by atoms with Crippen molar-refractivity contribution in [3.8, 4) is 0 Å². The highest BCUT2D eigenvalue weighted by atomic mass is 35.5. The van der Waals surface area contributed by atoms with E-state index in [1.807, 2.05) is 6.07 Å². The maximum atomic E-state index is 11.9. The lowest BCUT2D eigenvalue weighted by atomic mass is 10.1. The summed E-state index contributed by atoms with van der Waals surface area (Å²) >= 11 is 5.70. The minimum Gasteiger partial charge on any atom is -0.344 e. The van der Waals surface area contributed by atoms with Gasteiger partial charge in [0.15, 0.2) is 5.78 Å². The Labute approximate surface area is 119 Å². The van der Waals surface area contributed by atoms with Crippen molar-refractivity contribution in [1.82, 2.24) is 9.47 Å². The van der Waals surface area contributed by atoms with E-state index in [-0.39, 0.29) is 11.7 Å². The molecule has 2 atom stereocenters. The Balaban J connectivity index is 1.97. The number of hydrogen-bond donors (Lipinski definition) is 0. The Kier molecular flexibility index (Phi) is 3.44. The second-order valence-corrected chi connectivity index (χ2v) is 6.08. The molecule has 3 heterocycles. The number of hydrogen-bond acceptors (Lipinski definition) is 2. The van der Waals surface area contributed by atoms with Crippen molar-refractivity contribution < 1.29 is 4.79 Å². The fraction of sp³-hybridized carbons (Fsp3) is 0.667. The third kappa shape index (κ3) is 2.03. The van der Waals surface area contributed by atoms with E-state index in [2.05, 4.69) is 23.3 Å². The van der Waals surface area contributed by atoms with Gasteiger partial charge in [0, 0.05) is 29.5 Å². The number of rotatable bonds is 3. The van der Waals surface area contributed by atoms with Crippen LogP contribution in [0.1, 0.15) is 47.1 Å². The molecule has 0 aromatic carbocycles. The maximum absolute atomic E-state index is 11.9. The number of Topliss-reactive ketones (excluding diaryl/α,β-unsaturated/α-hetero) is 1. The predicted octanol–water partition coefficient (Wildman–Crippen LogP) is 2.94. The first kappa shape index (κ1) is 13.2. The third-order valence-corrected chi connectivity index (χ3v) is 5.05. The van der Waals surface area contributed by atoms with Gasteiger partial charge in [-0.05, 0) is 45.7 Å². The van der Waals surface area contributed by atoms with Gasteiger partial charge in [-0.1, -0.05) is 0 Å². The highest BCUT2D eigenvalue weighted by Gasteiger charge is 2.39. The van der Waals surface area contributed by atoms with Crippen molar-refractivity contribution in [2.75, 3.05) is 19.0 Å². The van der Waals surface area contributed by atoms with Crippen molar-refractivity contribution in [3.05, 3.63) is 23.0 Å². The Morgan fingerprint density at radius 1 is 1.32 bits per heavy atom. The summed E-state index contributed by atoms with van der Waals surface area (Å²) in [6.07, 6.45) is 3.81. The first-order valence-corrected chi connectivity index (χ1v) is 7.68. The minimum atomic E-state index is 0.0438. The van der Waals surface area contributed by atoms with Crippen LogP contribution in [0.15, 0.2) is 6.07 Å². The number of alkyl halides is 1. The van der Waals surface area contributed by atoms with Gasteiger partial charge in [0.2, 0.25) is 0 Å². The lowest BCUT2D eigenvalue weighted by Crippen LogP contribution is -2.28. The van der Waals surface area contributed by atoms with E-state index in [0.717, 1.165) is 11.3 Å². The number of ketones is 1. The van der Waals surface area contributed by atoms with Crippen LogP contribution in [0.25, 0.3) is 0 Å². The molecule has 0 radical (unpaired) electrons. The summed E-state index contributed by atoms with van der Waals surface area (Å²) in [6, 6.07) is 3.22. The Morgan fingerprint density at radius 3 is 2.84 bits per heavy atom. The molecule has 1 aromatic rings. The lowest BCUT2D eigenvalue weighted by molar-refractivity contribution is 0.102. The monoisotopic (exact) mass is 280 g/mol. The molecule has 0 aliphatic carbocycles. The summed E-state index contributed by atoms with van der Waals surface area (Å²) in [6.45, 7) is 6.61. The van der Waals surface area contributed by atoms with Crippen molar-refractivity contribution in [2.24, 2.45) is 0 Å². The molecule has 2 fully saturated rings. The van der Waals surface area contributed by atoms with Gasteiger partial charge in [0.25, 0.3) is 0 Å². The van der Waals surface area contributed by atoms with E-state index >= 15 is 0 Å². The zero-order chi connectivity index (χ0) is 13.6. The quantitative estimate of drug-likeness (QED) is 0.628. The minimum absolute atomic E-state index is 0.0438. The zero-order valence-corrected chi connectivity index (χ0v) is 12.4. The van der Waals surface area contributed by atoms with Crippen LogP contribution < -0.4 is 0 Å². The summed E-state index contributed by atoms with van der Waals surface area (Å²) in [5.74, 6) is 0.118. The molecule has 104 valence electrons. The normalized spacial score (nSPS) is 26.9. The van der Waals surface area contributed by atoms with Crippen LogP contribution in [-0.2, 0) is 0 Å². The summed E-state index contributed by atoms with van der Waals surface area (Å²) < 4.78 is 2.38. The first-order valence-electron chi connectivity index (χ1n) is 7.15. The molecule has 19 heavy (non-hydrogen) atoms. The first-order chi connectivity index (χ1) is 9.13. The molecule has 3 nitrogen and oxygen atoms in total. The second-order valence-electron chi connectivity index (χ2n) is 5.81. The van der Waals surface area contributed by atoms with Gasteiger partial charge < -0.3 is 4.57 Å². The standard InChI is InChI=1S/C15H21ClN2O/c1-10-8-12(15(19)9-16)11(2)18(10)14-5-7-17-6-3-4-13(14)17/h8,13-14H,3-7,9H2,1-2H3. The molecule has 0 saturated carbocycles. The molecular weight excluding hydrogens is 260 g/mol. The van der Waals surface area contributed by atoms with E-state index in [1.54, 1.807) is 0 Å². The van der Waals surface area contributed by atoms with Gasteiger partial charge in [-0.2, -0.15) is 0 Å². The number of fused-ring (bicyclic) bond motifs is 1. The largest absolute Gasteiger partial charge is 0.344 e. The fourth-order valence-corrected chi connectivity index (χ4v) is 4.14. The molecule has 4 heteroatoms. The van der Waals surface area contributed by atoms with Gasteiger partial charge in [0.1, 0.15) is 0 Å². The molecule has 2 saturated heterocycles. The van der Waals surface area contributed by atoms with Crippen molar-refractivity contribution in [2.45, 2.75) is 45.2 Å². The highest BCUT2D eigenvalue weighted by Crippen LogP contribution is 2.38. The molecule has 0 N–H and O–H groups in total. The number of carbonyl (C=O) groups is 1. The molecule has 0 spiro atoms. The van der Waals surface area contributed by atoms with Gasteiger partial charge in [-0.25, -0.2) is 0 Å². The molecule has 3 rings (SSSR count). The Morgan fingerprint density at radius 2 is 2.11 bits per heavy atom. The van der Waals surface area contributed by atoms with E-state index < -0.39 is 0 Å². The molecule has 0 bridgehead atoms. The van der Waals surface area contributed by atoms with E-state index in [1.165, 1.54) is 38.0 Å². The van der Waals surface area contributed by atoms with Gasteiger partial charge in [0.05, 0.1) is 11.9 Å². The lowest BCUT2D eigenvalue weighted by Gasteiger charge is -2.24. The van der Waals surface area contributed by atoms with Crippen LogP contribution in [0.3, 0.4) is 0 Å². The van der Waals surface area contributed by atoms with Crippen LogP contribution in [0.2, 0.25) is 0 Å². The number of aromatic nitrogens is 1. The van der Waals surface area contributed by atoms with E-state index in [0.29, 0.717) is 12.1 Å². The molecule has 2 unspecified atom stereocenters. The van der Waals surface area contributed by atoms with Crippen LogP contribution in [0.4, 0.5) is 0 Å². The molecule has 1 aromatic heterocycles. The zero-order valence-electron chi connectivity index (χ0n) is 11.7. The van der Waals surface area contributed by atoms with Crippen LogP contribution >= 0.6 is 11.6 Å². The highest BCUT2D eigenvalue weighted by molar-refractivity contribution is 6.30. The summed E-state index contributed by atoms with van der Waals surface area (Å²) in [4.78, 5) is 14.5. The number of aryl methyl sites for hydroxylation is 1. The fourth-order valence-electron chi connectivity index (χ4n) is 4.00. The Hall–Kier alpha value is -0.800. The van der Waals surface area contributed by atoms with Crippen LogP contribution in [0.5, 0.6) is 0 Å². The summed E-state index contributed by atoms with van der Waals surface area (Å²) in [7, 11) is 0. The van der Waals surface area contributed by atoms with E-state index in [4.69, 9.17) is 11.6 Å². The van der Waals surface area contributed by atoms with Gasteiger partial charge in [-0.15, -0.1) is 11.6 Å². The van der Waals surface area contributed by atoms with Crippen LogP contribution in [-0.4, -0.2) is 40.3 Å². The molecule has 2 aliphatic rings. The number of nitrogens with zero attached hydrogens (tertiary/aromatic N) is 2.